The van der Waals surface area contributed by atoms with E-state index in [1.165, 1.54) is 25.7 Å². The van der Waals surface area contributed by atoms with E-state index in [-0.39, 0.29) is 5.91 Å². The Morgan fingerprint density at radius 2 is 2.08 bits per heavy atom. The number of carbonyl (C=O) groups excluding carboxylic acids is 1. The lowest BCUT2D eigenvalue weighted by molar-refractivity contribution is -0.116. The second kappa shape index (κ2) is 9.07. The zero-order valence-corrected chi connectivity index (χ0v) is 15.6. The van der Waals surface area contributed by atoms with Gasteiger partial charge in [0.15, 0.2) is 0 Å². The molecule has 0 N–H and O–H groups in total. The number of hydrogen-bond donors (Lipinski definition) is 0. The summed E-state index contributed by atoms with van der Waals surface area (Å²) in [5, 5.41) is 0. The number of rotatable bonds is 7. The molecule has 0 aliphatic heterocycles. The van der Waals surface area contributed by atoms with E-state index in [9.17, 15) is 4.79 Å². The second-order valence-electron chi connectivity index (χ2n) is 7.13. The van der Waals surface area contributed by atoms with Crippen molar-refractivity contribution in [3.05, 3.63) is 24.3 Å². The third-order valence-corrected chi connectivity index (χ3v) is 4.91. The van der Waals surface area contributed by atoms with Crippen LogP contribution in [-0.4, -0.2) is 44.1 Å². The summed E-state index contributed by atoms with van der Waals surface area (Å²) in [7, 11) is 4.31. The van der Waals surface area contributed by atoms with Gasteiger partial charge in [-0.3, -0.25) is 4.79 Å². The minimum absolute atomic E-state index is 0.106. The number of carbonyl (C=O) groups is 1. The SMILES string of the molecule is CCCOc1cccc(N(CC2CCCC(N(C)C)C2)C(C)=O)c1. The standard InChI is InChI=1S/C20H32N2O2/c1-5-12-24-20-11-7-10-19(14-20)22(16(2)23)15-17-8-6-9-18(13-17)21(3)4/h7,10-11,14,17-18H,5-6,8-9,12-13,15H2,1-4H3. The molecule has 4 heteroatoms. The summed E-state index contributed by atoms with van der Waals surface area (Å²) >= 11 is 0. The Morgan fingerprint density at radius 3 is 2.75 bits per heavy atom. The molecule has 1 aromatic carbocycles. The minimum atomic E-state index is 0.106. The molecule has 1 fully saturated rings. The molecule has 1 aliphatic carbocycles. The molecule has 1 saturated carbocycles. The summed E-state index contributed by atoms with van der Waals surface area (Å²) in [6.07, 6.45) is 5.88. The molecule has 1 aromatic rings. The van der Waals surface area contributed by atoms with E-state index in [1.54, 1.807) is 6.92 Å². The van der Waals surface area contributed by atoms with Gasteiger partial charge in [-0.1, -0.05) is 19.4 Å². The Labute approximate surface area is 146 Å². The van der Waals surface area contributed by atoms with Crippen molar-refractivity contribution < 1.29 is 9.53 Å². The molecular formula is C20H32N2O2. The molecule has 2 atom stereocenters. The average molecular weight is 332 g/mol. The fourth-order valence-electron chi connectivity index (χ4n) is 3.53. The van der Waals surface area contributed by atoms with Crippen LogP contribution in [-0.2, 0) is 4.79 Å². The van der Waals surface area contributed by atoms with Gasteiger partial charge in [-0.15, -0.1) is 0 Å². The third-order valence-electron chi connectivity index (χ3n) is 4.91. The van der Waals surface area contributed by atoms with Crippen LogP contribution in [0.4, 0.5) is 5.69 Å². The van der Waals surface area contributed by atoms with Crippen LogP contribution in [0.25, 0.3) is 0 Å². The highest BCUT2D eigenvalue weighted by atomic mass is 16.5. The Kier molecular flexibility index (Phi) is 7.10. The smallest absolute Gasteiger partial charge is 0.223 e. The second-order valence-corrected chi connectivity index (χ2v) is 7.13. The minimum Gasteiger partial charge on any atom is -0.494 e. The predicted molar refractivity (Wildman–Crippen MR) is 99.7 cm³/mol. The lowest BCUT2D eigenvalue weighted by Gasteiger charge is -2.36. The first-order valence-electron chi connectivity index (χ1n) is 9.18. The van der Waals surface area contributed by atoms with Gasteiger partial charge in [0.1, 0.15) is 5.75 Å². The molecule has 0 aromatic heterocycles. The van der Waals surface area contributed by atoms with Gasteiger partial charge in [-0.05, 0) is 57.8 Å². The van der Waals surface area contributed by atoms with Crippen molar-refractivity contribution in [1.82, 2.24) is 4.90 Å². The highest BCUT2D eigenvalue weighted by molar-refractivity contribution is 5.91. The maximum absolute atomic E-state index is 12.2. The molecule has 0 bridgehead atoms. The van der Waals surface area contributed by atoms with Crippen molar-refractivity contribution in [2.75, 3.05) is 32.1 Å². The van der Waals surface area contributed by atoms with Gasteiger partial charge in [0, 0.05) is 31.3 Å². The van der Waals surface area contributed by atoms with Crippen molar-refractivity contribution in [3.8, 4) is 5.75 Å². The summed E-state index contributed by atoms with van der Waals surface area (Å²) < 4.78 is 5.72. The Balaban J connectivity index is 2.08. The summed E-state index contributed by atoms with van der Waals surface area (Å²) in [6.45, 7) is 5.26. The van der Waals surface area contributed by atoms with E-state index in [0.29, 0.717) is 18.6 Å². The number of ether oxygens (including phenoxy) is 1. The highest BCUT2D eigenvalue weighted by Crippen LogP contribution is 2.30. The molecular weight excluding hydrogens is 300 g/mol. The monoisotopic (exact) mass is 332 g/mol. The molecule has 2 rings (SSSR count). The first-order valence-corrected chi connectivity index (χ1v) is 9.18. The first-order chi connectivity index (χ1) is 11.5. The molecule has 0 heterocycles. The van der Waals surface area contributed by atoms with Crippen molar-refractivity contribution in [2.24, 2.45) is 5.92 Å². The van der Waals surface area contributed by atoms with Gasteiger partial charge in [-0.25, -0.2) is 0 Å². The van der Waals surface area contributed by atoms with E-state index in [4.69, 9.17) is 4.74 Å². The van der Waals surface area contributed by atoms with Crippen LogP contribution in [0.1, 0.15) is 46.0 Å². The van der Waals surface area contributed by atoms with E-state index in [2.05, 4.69) is 25.9 Å². The molecule has 1 aliphatic rings. The lowest BCUT2D eigenvalue weighted by Crippen LogP contribution is -2.39. The molecule has 1 amide bonds. The van der Waals surface area contributed by atoms with Crippen LogP contribution in [0, 0.1) is 5.92 Å². The van der Waals surface area contributed by atoms with Crippen LogP contribution < -0.4 is 9.64 Å². The zero-order chi connectivity index (χ0) is 17.5. The summed E-state index contributed by atoms with van der Waals surface area (Å²) in [5.41, 5.74) is 0.947. The van der Waals surface area contributed by atoms with E-state index in [1.807, 2.05) is 29.2 Å². The van der Waals surface area contributed by atoms with Crippen molar-refractivity contribution >= 4 is 11.6 Å². The van der Waals surface area contributed by atoms with Crippen molar-refractivity contribution in [3.63, 3.8) is 0 Å². The predicted octanol–water partition coefficient (Wildman–Crippen LogP) is 3.95. The van der Waals surface area contributed by atoms with E-state index >= 15 is 0 Å². The fourth-order valence-corrected chi connectivity index (χ4v) is 3.53. The quantitative estimate of drug-likeness (QED) is 0.758. The maximum atomic E-state index is 12.2. The van der Waals surface area contributed by atoms with Gasteiger partial charge < -0.3 is 14.5 Å². The average Bonchev–Trinajstić information content (AvgIpc) is 2.58. The maximum Gasteiger partial charge on any atom is 0.223 e. The Morgan fingerprint density at radius 1 is 1.29 bits per heavy atom. The largest absolute Gasteiger partial charge is 0.494 e. The fraction of sp³-hybridized carbons (Fsp3) is 0.650. The summed E-state index contributed by atoms with van der Waals surface area (Å²) in [6, 6.07) is 8.56. The number of hydrogen-bond acceptors (Lipinski definition) is 3. The van der Waals surface area contributed by atoms with Crippen molar-refractivity contribution in [2.45, 2.75) is 52.0 Å². The van der Waals surface area contributed by atoms with Gasteiger partial charge in [-0.2, -0.15) is 0 Å². The molecule has 0 spiro atoms. The molecule has 0 radical (unpaired) electrons. The van der Waals surface area contributed by atoms with Crippen molar-refractivity contribution in [1.29, 1.82) is 0 Å². The van der Waals surface area contributed by atoms with E-state index < -0.39 is 0 Å². The van der Waals surface area contributed by atoms with Gasteiger partial charge in [0.25, 0.3) is 0 Å². The lowest BCUT2D eigenvalue weighted by atomic mass is 9.84. The van der Waals surface area contributed by atoms with Crippen LogP contribution in [0.2, 0.25) is 0 Å². The highest BCUT2D eigenvalue weighted by Gasteiger charge is 2.26. The van der Waals surface area contributed by atoms with Crippen LogP contribution in [0.3, 0.4) is 0 Å². The number of anilines is 1. The molecule has 134 valence electrons. The van der Waals surface area contributed by atoms with Gasteiger partial charge in [0.05, 0.1) is 6.61 Å². The third kappa shape index (κ3) is 5.23. The topological polar surface area (TPSA) is 32.8 Å². The molecule has 4 nitrogen and oxygen atoms in total. The van der Waals surface area contributed by atoms with Crippen LogP contribution in [0.5, 0.6) is 5.75 Å². The van der Waals surface area contributed by atoms with Crippen LogP contribution >= 0.6 is 0 Å². The summed E-state index contributed by atoms with van der Waals surface area (Å²) in [4.78, 5) is 16.5. The van der Waals surface area contributed by atoms with Crippen LogP contribution in [0.15, 0.2) is 24.3 Å². The first kappa shape index (κ1) is 18.8. The zero-order valence-electron chi connectivity index (χ0n) is 15.6. The number of nitrogens with zero attached hydrogens (tertiary/aromatic N) is 2. The van der Waals surface area contributed by atoms with Gasteiger partial charge >= 0.3 is 0 Å². The molecule has 24 heavy (non-hydrogen) atoms. The Hall–Kier alpha value is -1.55. The normalized spacial score (nSPS) is 20.9. The Bertz CT molecular complexity index is 530. The number of benzene rings is 1. The number of amides is 1. The molecule has 2 unspecified atom stereocenters. The molecule has 0 saturated heterocycles. The van der Waals surface area contributed by atoms with Gasteiger partial charge in [0.2, 0.25) is 5.91 Å². The van der Waals surface area contributed by atoms with E-state index in [0.717, 1.165) is 24.4 Å². The summed E-state index contributed by atoms with van der Waals surface area (Å²) in [5.74, 6) is 1.51.